The van der Waals surface area contributed by atoms with Crippen molar-refractivity contribution in [2.24, 2.45) is 0 Å². The van der Waals surface area contributed by atoms with E-state index >= 15 is 0 Å². The van der Waals surface area contributed by atoms with Crippen LogP contribution in [0.4, 0.5) is 5.69 Å². The first-order valence-electron chi connectivity index (χ1n) is 11.0. The lowest BCUT2D eigenvalue weighted by Crippen LogP contribution is -2.38. The fourth-order valence-electron chi connectivity index (χ4n) is 3.88. The second-order valence-corrected chi connectivity index (χ2v) is 8.40. The normalized spacial score (nSPS) is 12.0. The van der Waals surface area contributed by atoms with E-state index in [0.717, 1.165) is 12.8 Å². The van der Waals surface area contributed by atoms with Crippen LogP contribution in [0.3, 0.4) is 0 Å². The Morgan fingerprint density at radius 2 is 1.97 bits per heavy atom. The number of nitro benzene ring substituents is 1. The lowest BCUT2D eigenvalue weighted by atomic mass is 10.1. The van der Waals surface area contributed by atoms with Crippen LogP contribution < -0.4 is 5.56 Å². The summed E-state index contributed by atoms with van der Waals surface area (Å²) in [6.45, 7) is 8.13. The summed E-state index contributed by atoms with van der Waals surface area (Å²) in [7, 11) is 0. The van der Waals surface area contributed by atoms with Crippen molar-refractivity contribution in [2.45, 2.75) is 53.1 Å². The molecule has 0 saturated heterocycles. The second kappa shape index (κ2) is 10.1. The number of carbonyl (C=O) groups excluding carboxylic acids is 1. The van der Waals surface area contributed by atoms with Gasteiger partial charge in [-0.3, -0.25) is 24.3 Å². The molecule has 174 valence electrons. The minimum Gasteiger partial charge on any atom is -0.329 e. The van der Waals surface area contributed by atoms with Gasteiger partial charge in [-0.15, -0.1) is 0 Å². The topological polar surface area (TPSA) is 98.3 Å². The summed E-state index contributed by atoms with van der Waals surface area (Å²) in [5, 5.41) is 12.3. The van der Waals surface area contributed by atoms with E-state index in [-0.39, 0.29) is 22.7 Å². The summed E-state index contributed by atoms with van der Waals surface area (Å²) in [6.07, 6.45) is 1.59. The molecule has 0 aliphatic heterocycles. The molecule has 8 nitrogen and oxygen atoms in total. The Balaban J connectivity index is 2.12. The summed E-state index contributed by atoms with van der Waals surface area (Å²) in [5.41, 5.74) is 0.873. The quantitative estimate of drug-likeness (QED) is 0.329. The van der Waals surface area contributed by atoms with Gasteiger partial charge in [-0.05, 0) is 51.5 Å². The van der Waals surface area contributed by atoms with Gasteiger partial charge in [0.2, 0.25) is 0 Å². The highest BCUT2D eigenvalue weighted by Crippen LogP contribution is 2.26. The Kier molecular flexibility index (Phi) is 7.48. The first kappa shape index (κ1) is 24.4. The molecule has 1 atom stereocenters. The van der Waals surface area contributed by atoms with Gasteiger partial charge in [0.15, 0.2) is 0 Å². The van der Waals surface area contributed by atoms with Crippen LogP contribution in [0.25, 0.3) is 10.9 Å². The smallest absolute Gasteiger partial charge is 0.273 e. The van der Waals surface area contributed by atoms with Crippen LogP contribution in [0.15, 0.2) is 41.2 Å². The Morgan fingerprint density at radius 3 is 2.61 bits per heavy atom. The maximum absolute atomic E-state index is 13.5. The number of rotatable bonds is 8. The summed E-state index contributed by atoms with van der Waals surface area (Å²) in [4.78, 5) is 43.9. The molecule has 0 bridgehead atoms. The van der Waals surface area contributed by atoms with E-state index in [1.807, 2.05) is 20.8 Å². The maximum atomic E-state index is 13.5. The van der Waals surface area contributed by atoms with Crippen molar-refractivity contribution in [1.29, 1.82) is 0 Å². The number of nitro groups is 1. The van der Waals surface area contributed by atoms with Crippen molar-refractivity contribution in [2.75, 3.05) is 6.54 Å². The van der Waals surface area contributed by atoms with Crippen LogP contribution in [-0.4, -0.2) is 31.8 Å². The molecule has 1 heterocycles. The van der Waals surface area contributed by atoms with E-state index in [1.54, 1.807) is 46.7 Å². The van der Waals surface area contributed by atoms with E-state index in [2.05, 4.69) is 0 Å². The molecule has 0 radical (unpaired) electrons. The molecule has 1 amide bonds. The number of hydrogen-bond donors (Lipinski definition) is 0. The molecule has 1 aromatic heterocycles. The van der Waals surface area contributed by atoms with E-state index in [1.165, 1.54) is 6.07 Å². The number of aromatic nitrogens is 2. The number of carbonyl (C=O) groups is 1. The van der Waals surface area contributed by atoms with Crippen molar-refractivity contribution < 1.29 is 9.72 Å². The first-order valence-corrected chi connectivity index (χ1v) is 11.3. The van der Waals surface area contributed by atoms with Gasteiger partial charge in [0.1, 0.15) is 5.82 Å². The van der Waals surface area contributed by atoms with Crippen LogP contribution in [0, 0.1) is 17.0 Å². The third-order valence-electron chi connectivity index (χ3n) is 5.77. The first-order chi connectivity index (χ1) is 15.7. The zero-order valence-electron chi connectivity index (χ0n) is 19.2. The van der Waals surface area contributed by atoms with Crippen molar-refractivity contribution in [3.63, 3.8) is 0 Å². The number of halogens is 1. The zero-order chi connectivity index (χ0) is 24.3. The predicted octanol–water partition coefficient (Wildman–Crippen LogP) is 5.29. The molecule has 0 N–H and O–H groups in total. The Hall–Kier alpha value is -3.26. The Morgan fingerprint density at radius 1 is 1.24 bits per heavy atom. The van der Waals surface area contributed by atoms with Crippen LogP contribution >= 0.6 is 11.6 Å². The van der Waals surface area contributed by atoms with E-state index in [9.17, 15) is 19.7 Å². The highest BCUT2D eigenvalue weighted by Gasteiger charge is 2.28. The summed E-state index contributed by atoms with van der Waals surface area (Å²) >= 11 is 6.12. The number of nitrogens with zero attached hydrogens (tertiary/aromatic N) is 4. The molecule has 0 aliphatic rings. The Bertz CT molecular complexity index is 1270. The maximum Gasteiger partial charge on any atom is 0.273 e. The van der Waals surface area contributed by atoms with E-state index < -0.39 is 11.0 Å². The summed E-state index contributed by atoms with van der Waals surface area (Å²) < 4.78 is 1.56. The van der Waals surface area contributed by atoms with Gasteiger partial charge in [0.25, 0.3) is 17.2 Å². The fraction of sp³-hybridized carbons (Fsp3) is 0.375. The largest absolute Gasteiger partial charge is 0.329 e. The van der Waals surface area contributed by atoms with Crippen LogP contribution in [0.1, 0.15) is 61.4 Å². The number of amides is 1. The molecule has 3 aromatic rings. The molecular weight excluding hydrogens is 444 g/mol. The molecule has 2 aromatic carbocycles. The highest BCUT2D eigenvalue weighted by molar-refractivity contribution is 6.31. The standard InChI is InChI=1S/C24H27ClN4O4/c1-5-7-12-28(23(30)17-9-8-15(3)21(13-17)29(32)33)16(4)22-26-20-14-18(25)10-11-19(20)24(31)27(22)6-2/h8-11,13-14,16H,5-7,12H2,1-4H3. The number of benzene rings is 2. The van der Waals surface area contributed by atoms with E-state index in [0.29, 0.717) is 40.4 Å². The van der Waals surface area contributed by atoms with Gasteiger partial charge in [-0.2, -0.15) is 0 Å². The van der Waals surface area contributed by atoms with Crippen molar-refractivity contribution in [3.8, 4) is 0 Å². The van der Waals surface area contributed by atoms with Gasteiger partial charge in [0.05, 0.1) is 21.9 Å². The number of fused-ring (bicyclic) bond motifs is 1. The highest BCUT2D eigenvalue weighted by atomic mass is 35.5. The Labute approximate surface area is 197 Å². The monoisotopic (exact) mass is 470 g/mol. The predicted molar refractivity (Wildman–Crippen MR) is 129 cm³/mol. The third kappa shape index (κ3) is 4.90. The van der Waals surface area contributed by atoms with E-state index in [4.69, 9.17) is 16.6 Å². The molecule has 9 heteroatoms. The average molecular weight is 471 g/mol. The summed E-state index contributed by atoms with van der Waals surface area (Å²) in [6, 6.07) is 8.87. The number of hydrogen-bond acceptors (Lipinski definition) is 5. The van der Waals surface area contributed by atoms with Gasteiger partial charge in [0, 0.05) is 35.3 Å². The minimum absolute atomic E-state index is 0.104. The second-order valence-electron chi connectivity index (χ2n) is 7.97. The molecule has 3 rings (SSSR count). The SMILES string of the molecule is CCCCN(C(=O)c1ccc(C)c([N+](=O)[O-])c1)C(C)c1nc2cc(Cl)ccc2c(=O)n1CC. The third-order valence-corrected chi connectivity index (χ3v) is 6.01. The van der Waals surface area contributed by atoms with Gasteiger partial charge < -0.3 is 4.90 Å². The molecule has 0 aliphatic carbocycles. The van der Waals surface area contributed by atoms with Gasteiger partial charge >= 0.3 is 0 Å². The molecule has 0 spiro atoms. The van der Waals surface area contributed by atoms with Gasteiger partial charge in [-0.25, -0.2) is 4.98 Å². The minimum atomic E-state index is -0.541. The fourth-order valence-corrected chi connectivity index (χ4v) is 4.05. The molecular formula is C24H27ClN4O4. The molecule has 33 heavy (non-hydrogen) atoms. The molecule has 0 saturated carbocycles. The lowest BCUT2D eigenvalue weighted by molar-refractivity contribution is -0.385. The number of aryl methyl sites for hydroxylation is 1. The van der Waals surface area contributed by atoms with Crippen LogP contribution in [0.5, 0.6) is 0 Å². The van der Waals surface area contributed by atoms with Crippen molar-refractivity contribution >= 4 is 34.1 Å². The van der Waals surface area contributed by atoms with Crippen molar-refractivity contribution in [1.82, 2.24) is 14.5 Å². The van der Waals surface area contributed by atoms with Crippen molar-refractivity contribution in [3.05, 3.63) is 78.8 Å². The number of unbranched alkanes of at least 4 members (excludes halogenated alkanes) is 1. The lowest BCUT2D eigenvalue weighted by Gasteiger charge is -2.30. The average Bonchev–Trinajstić information content (AvgIpc) is 2.78. The van der Waals surface area contributed by atoms with Crippen LogP contribution in [-0.2, 0) is 6.54 Å². The molecule has 0 fully saturated rings. The van der Waals surface area contributed by atoms with Crippen LogP contribution in [0.2, 0.25) is 5.02 Å². The zero-order valence-corrected chi connectivity index (χ0v) is 19.9. The molecule has 1 unspecified atom stereocenters. The summed E-state index contributed by atoms with van der Waals surface area (Å²) in [5.74, 6) is 0.102. The van der Waals surface area contributed by atoms with Gasteiger partial charge in [-0.1, -0.05) is 31.0 Å².